The molecule has 5 atom stereocenters. The van der Waals surface area contributed by atoms with E-state index in [9.17, 15) is 13.5 Å². The molecule has 3 heterocycles. The van der Waals surface area contributed by atoms with Crippen molar-refractivity contribution in [2.45, 2.75) is 42.0 Å². The zero-order valence-electron chi connectivity index (χ0n) is 17.5. The molecule has 2 saturated heterocycles. The monoisotopic (exact) mass is 455 g/mol. The van der Waals surface area contributed by atoms with Gasteiger partial charge in [0.15, 0.2) is 16.1 Å². The summed E-state index contributed by atoms with van der Waals surface area (Å²) >= 11 is 0. The molecule has 0 radical (unpaired) electrons. The molecule has 2 aromatic carbocycles. The van der Waals surface area contributed by atoms with E-state index in [-0.39, 0.29) is 17.0 Å². The SMILES string of the molecule is CS(=O)(=O)c1ccc(CNC2C3COC(O3)C(n3cc(-c4ccccc4)cn3)C2O)cc1. The van der Waals surface area contributed by atoms with Gasteiger partial charge in [0.1, 0.15) is 12.1 Å². The number of aliphatic hydroxyl groups excluding tert-OH is 1. The van der Waals surface area contributed by atoms with Gasteiger partial charge in [0, 0.05) is 24.6 Å². The Morgan fingerprint density at radius 3 is 2.59 bits per heavy atom. The molecule has 0 saturated carbocycles. The summed E-state index contributed by atoms with van der Waals surface area (Å²) in [5.74, 6) is 0. The molecule has 0 spiro atoms. The number of aromatic nitrogens is 2. The molecule has 1 aromatic heterocycles. The minimum atomic E-state index is -3.23. The smallest absolute Gasteiger partial charge is 0.183 e. The number of fused-ring (bicyclic) bond motifs is 2. The van der Waals surface area contributed by atoms with Gasteiger partial charge >= 0.3 is 0 Å². The lowest BCUT2D eigenvalue weighted by Gasteiger charge is -2.38. The first kappa shape index (κ1) is 21.3. The summed E-state index contributed by atoms with van der Waals surface area (Å²) in [4.78, 5) is 0.280. The summed E-state index contributed by atoms with van der Waals surface area (Å²) in [5.41, 5.74) is 2.91. The Bertz CT molecular complexity index is 1180. The predicted octanol–water partition coefficient (Wildman–Crippen LogP) is 1.77. The van der Waals surface area contributed by atoms with Gasteiger partial charge < -0.3 is 19.9 Å². The molecule has 2 bridgehead atoms. The molecule has 2 aliphatic heterocycles. The molecular formula is C23H25N3O5S. The van der Waals surface area contributed by atoms with Crippen LogP contribution in [0.2, 0.25) is 0 Å². The van der Waals surface area contributed by atoms with Crippen molar-refractivity contribution in [2.75, 3.05) is 12.9 Å². The van der Waals surface area contributed by atoms with Gasteiger partial charge in [0.05, 0.1) is 29.8 Å². The molecule has 8 nitrogen and oxygen atoms in total. The van der Waals surface area contributed by atoms with Crippen molar-refractivity contribution in [3.63, 3.8) is 0 Å². The fraction of sp³-hybridized carbons (Fsp3) is 0.348. The van der Waals surface area contributed by atoms with Crippen LogP contribution in [0.4, 0.5) is 0 Å². The highest BCUT2D eigenvalue weighted by Crippen LogP contribution is 2.36. The van der Waals surface area contributed by atoms with Crippen molar-refractivity contribution in [3.8, 4) is 11.1 Å². The van der Waals surface area contributed by atoms with E-state index in [2.05, 4.69) is 10.4 Å². The summed E-state index contributed by atoms with van der Waals surface area (Å²) in [6.45, 7) is 0.840. The number of hydrogen-bond acceptors (Lipinski definition) is 7. The van der Waals surface area contributed by atoms with E-state index < -0.39 is 28.3 Å². The van der Waals surface area contributed by atoms with E-state index in [1.54, 1.807) is 35.1 Å². The Hall–Kier alpha value is -2.56. The molecule has 2 aliphatic rings. The first-order valence-corrected chi connectivity index (χ1v) is 12.4. The maximum atomic E-state index is 11.7. The average Bonchev–Trinajstić information content (AvgIpc) is 3.43. The number of sulfone groups is 1. The van der Waals surface area contributed by atoms with Crippen LogP contribution in [0.5, 0.6) is 0 Å². The van der Waals surface area contributed by atoms with E-state index in [4.69, 9.17) is 9.47 Å². The van der Waals surface area contributed by atoms with Gasteiger partial charge in [0.25, 0.3) is 0 Å². The number of nitrogens with zero attached hydrogens (tertiary/aromatic N) is 2. The van der Waals surface area contributed by atoms with Gasteiger partial charge in [-0.3, -0.25) is 4.68 Å². The lowest BCUT2D eigenvalue weighted by atomic mass is 9.96. The van der Waals surface area contributed by atoms with E-state index >= 15 is 0 Å². The standard InChI is InChI=1S/C23H25N3O5S/c1-32(28,29)18-9-7-15(8-10-18)11-24-20-19-14-30-23(31-19)21(22(20)27)26-13-17(12-25-26)16-5-3-2-4-6-16/h2-10,12-13,19-24,27H,11,14H2,1H3. The van der Waals surface area contributed by atoms with Crippen LogP contribution in [0.25, 0.3) is 11.1 Å². The molecule has 5 rings (SSSR count). The summed E-state index contributed by atoms with van der Waals surface area (Å²) in [7, 11) is -3.23. The van der Waals surface area contributed by atoms with Gasteiger partial charge in [-0.05, 0) is 23.3 Å². The second-order valence-electron chi connectivity index (χ2n) is 8.26. The third-order valence-corrected chi connectivity index (χ3v) is 7.17. The highest BCUT2D eigenvalue weighted by molar-refractivity contribution is 7.90. The highest BCUT2D eigenvalue weighted by Gasteiger charge is 2.51. The molecule has 3 aromatic rings. The Morgan fingerprint density at radius 1 is 1.12 bits per heavy atom. The molecule has 32 heavy (non-hydrogen) atoms. The number of ether oxygens (including phenoxy) is 2. The maximum Gasteiger partial charge on any atom is 0.183 e. The molecule has 0 amide bonds. The van der Waals surface area contributed by atoms with Crippen molar-refractivity contribution in [1.82, 2.24) is 15.1 Å². The Kier molecular flexibility index (Phi) is 5.60. The molecule has 0 aliphatic carbocycles. The number of nitrogens with one attached hydrogen (secondary N) is 1. The van der Waals surface area contributed by atoms with Gasteiger partial charge in [-0.2, -0.15) is 5.10 Å². The summed E-state index contributed by atoms with van der Waals surface area (Å²) < 4.78 is 36.9. The van der Waals surface area contributed by atoms with Crippen molar-refractivity contribution in [1.29, 1.82) is 0 Å². The Balaban J connectivity index is 1.32. The minimum absolute atomic E-state index is 0.273. The van der Waals surface area contributed by atoms with Crippen LogP contribution in [0, 0.1) is 0 Å². The zero-order valence-corrected chi connectivity index (χ0v) is 18.4. The second kappa shape index (κ2) is 8.42. The predicted molar refractivity (Wildman–Crippen MR) is 117 cm³/mol. The van der Waals surface area contributed by atoms with Crippen LogP contribution < -0.4 is 5.32 Å². The van der Waals surface area contributed by atoms with Crippen LogP contribution in [0.1, 0.15) is 11.6 Å². The van der Waals surface area contributed by atoms with Crippen LogP contribution in [0.15, 0.2) is 71.9 Å². The van der Waals surface area contributed by atoms with Crippen LogP contribution in [0.3, 0.4) is 0 Å². The van der Waals surface area contributed by atoms with Gasteiger partial charge in [-0.1, -0.05) is 42.5 Å². The topological polar surface area (TPSA) is 103 Å². The van der Waals surface area contributed by atoms with Crippen LogP contribution in [-0.2, 0) is 25.9 Å². The van der Waals surface area contributed by atoms with Crippen molar-refractivity contribution < 1.29 is 23.0 Å². The van der Waals surface area contributed by atoms with E-state index in [1.807, 2.05) is 36.5 Å². The lowest BCUT2D eigenvalue weighted by Crippen LogP contribution is -2.57. The third-order valence-electron chi connectivity index (χ3n) is 6.04. The first-order chi connectivity index (χ1) is 15.4. The number of hydrogen-bond donors (Lipinski definition) is 2. The minimum Gasteiger partial charge on any atom is -0.389 e. The van der Waals surface area contributed by atoms with Crippen LogP contribution in [-0.4, -0.2) is 60.7 Å². The number of aliphatic hydroxyl groups is 1. The average molecular weight is 456 g/mol. The molecule has 2 fully saturated rings. The second-order valence-corrected chi connectivity index (χ2v) is 10.3. The Morgan fingerprint density at radius 2 is 1.88 bits per heavy atom. The summed E-state index contributed by atoms with van der Waals surface area (Å²) in [6.07, 6.45) is 3.24. The van der Waals surface area contributed by atoms with Crippen molar-refractivity contribution in [2.24, 2.45) is 0 Å². The first-order valence-electron chi connectivity index (χ1n) is 10.5. The fourth-order valence-corrected chi connectivity index (χ4v) is 4.94. The van der Waals surface area contributed by atoms with Crippen molar-refractivity contribution >= 4 is 9.84 Å². The molecular weight excluding hydrogens is 430 g/mol. The van der Waals surface area contributed by atoms with Gasteiger partial charge in [0.2, 0.25) is 0 Å². The molecule has 168 valence electrons. The molecule has 5 unspecified atom stereocenters. The van der Waals surface area contributed by atoms with Crippen LogP contribution >= 0.6 is 0 Å². The Labute approximate surface area is 186 Å². The van der Waals surface area contributed by atoms with Gasteiger partial charge in [-0.15, -0.1) is 0 Å². The van der Waals surface area contributed by atoms with Crippen molar-refractivity contribution in [3.05, 3.63) is 72.6 Å². The molecule has 9 heteroatoms. The maximum absolute atomic E-state index is 11.7. The summed E-state index contributed by atoms with van der Waals surface area (Å²) in [6, 6.07) is 15.8. The fourth-order valence-electron chi connectivity index (χ4n) is 4.31. The number of benzene rings is 2. The molecule has 2 N–H and O–H groups in total. The summed E-state index contributed by atoms with van der Waals surface area (Å²) in [5, 5.41) is 19.1. The highest BCUT2D eigenvalue weighted by atomic mass is 32.2. The quantitative estimate of drug-likeness (QED) is 0.584. The van der Waals surface area contributed by atoms with E-state index in [0.717, 1.165) is 16.7 Å². The third kappa shape index (κ3) is 4.10. The van der Waals surface area contributed by atoms with E-state index in [0.29, 0.717) is 13.2 Å². The van der Waals surface area contributed by atoms with Gasteiger partial charge in [-0.25, -0.2) is 8.42 Å². The normalized spacial score (nSPS) is 27.5. The lowest BCUT2D eigenvalue weighted by molar-refractivity contribution is -0.168. The largest absolute Gasteiger partial charge is 0.389 e. The number of rotatable bonds is 6. The van der Waals surface area contributed by atoms with E-state index in [1.165, 1.54) is 6.26 Å². The zero-order chi connectivity index (χ0) is 22.3.